The van der Waals surface area contributed by atoms with Crippen molar-refractivity contribution in [2.24, 2.45) is 0 Å². The summed E-state index contributed by atoms with van der Waals surface area (Å²) in [4.78, 5) is 0. The average molecular weight is 330 g/mol. The van der Waals surface area contributed by atoms with Gasteiger partial charge in [0.1, 0.15) is 0 Å². The van der Waals surface area contributed by atoms with Gasteiger partial charge in [-0.1, -0.05) is 80.1 Å². The van der Waals surface area contributed by atoms with Crippen LogP contribution in [0.25, 0.3) is 22.3 Å². The molecule has 0 aliphatic carbocycles. The maximum absolute atomic E-state index is 9.38. The lowest BCUT2D eigenvalue weighted by molar-refractivity contribution is 0.282. The lowest BCUT2D eigenvalue weighted by Crippen LogP contribution is -1.94. The van der Waals surface area contributed by atoms with Crippen molar-refractivity contribution in [3.05, 3.63) is 82.9 Å². The van der Waals surface area contributed by atoms with Gasteiger partial charge in [-0.15, -0.1) is 0 Å². The number of hydrogen-bond donors (Lipinski definition) is 1. The Kier molecular flexibility index (Phi) is 5.35. The van der Waals surface area contributed by atoms with Crippen molar-refractivity contribution in [3.8, 4) is 22.3 Å². The second kappa shape index (κ2) is 7.67. The maximum Gasteiger partial charge on any atom is 0.0681 e. The van der Waals surface area contributed by atoms with E-state index in [9.17, 15) is 5.11 Å². The van der Waals surface area contributed by atoms with Crippen LogP contribution >= 0.6 is 0 Å². The van der Waals surface area contributed by atoms with E-state index in [2.05, 4.69) is 75.4 Å². The molecule has 1 N–H and O–H groups in total. The third-order valence-corrected chi connectivity index (χ3v) is 4.89. The first kappa shape index (κ1) is 17.4. The van der Waals surface area contributed by atoms with Gasteiger partial charge in [0.15, 0.2) is 0 Å². The van der Waals surface area contributed by atoms with E-state index >= 15 is 0 Å². The highest BCUT2D eigenvalue weighted by molar-refractivity contribution is 5.75. The van der Waals surface area contributed by atoms with Gasteiger partial charge in [0.2, 0.25) is 0 Å². The van der Waals surface area contributed by atoms with Crippen LogP contribution < -0.4 is 0 Å². The molecule has 25 heavy (non-hydrogen) atoms. The number of hydrogen-bond acceptors (Lipinski definition) is 1. The molecular weight excluding hydrogens is 304 g/mol. The lowest BCUT2D eigenvalue weighted by atomic mass is 9.90. The normalized spacial score (nSPS) is 10.9. The Morgan fingerprint density at radius 3 is 1.88 bits per heavy atom. The molecule has 0 unspecified atom stereocenters. The summed E-state index contributed by atoms with van der Waals surface area (Å²) in [7, 11) is 0. The predicted octanol–water partition coefficient (Wildman–Crippen LogP) is 5.95. The molecule has 3 aromatic carbocycles. The van der Waals surface area contributed by atoms with Crippen LogP contribution in [0.4, 0.5) is 0 Å². The summed E-state index contributed by atoms with van der Waals surface area (Å²) in [5, 5.41) is 9.38. The first-order valence-corrected chi connectivity index (χ1v) is 9.09. The van der Waals surface area contributed by atoms with Crippen molar-refractivity contribution in [1.82, 2.24) is 0 Å². The van der Waals surface area contributed by atoms with Gasteiger partial charge < -0.3 is 5.11 Å². The quantitative estimate of drug-likeness (QED) is 0.613. The summed E-state index contributed by atoms with van der Waals surface area (Å²) in [6.45, 7) is 6.60. The van der Waals surface area contributed by atoms with E-state index in [-0.39, 0.29) is 6.61 Å². The highest BCUT2D eigenvalue weighted by Crippen LogP contribution is 2.32. The summed E-state index contributed by atoms with van der Waals surface area (Å²) in [6, 6.07) is 21.8. The third-order valence-electron chi connectivity index (χ3n) is 4.89. The van der Waals surface area contributed by atoms with Gasteiger partial charge in [-0.05, 0) is 58.7 Å². The topological polar surface area (TPSA) is 20.2 Å². The molecule has 0 amide bonds. The molecular formula is C24H26O. The van der Waals surface area contributed by atoms with Gasteiger partial charge in [-0.25, -0.2) is 0 Å². The molecule has 3 aromatic rings. The Bertz CT molecular complexity index is 860. The summed E-state index contributed by atoms with van der Waals surface area (Å²) in [6.07, 6.45) is 1.97. The number of aryl methyl sites for hydroxylation is 3. The molecule has 0 spiro atoms. The Morgan fingerprint density at radius 1 is 0.680 bits per heavy atom. The van der Waals surface area contributed by atoms with Crippen LogP contribution in [0.1, 0.15) is 36.1 Å². The molecule has 0 fully saturated rings. The van der Waals surface area contributed by atoms with Crippen LogP contribution in [0.2, 0.25) is 0 Å². The highest BCUT2D eigenvalue weighted by atomic mass is 16.3. The fourth-order valence-electron chi connectivity index (χ4n) is 3.39. The van der Waals surface area contributed by atoms with Crippen LogP contribution in [0, 0.1) is 6.92 Å². The number of rotatable bonds is 5. The minimum Gasteiger partial charge on any atom is -0.392 e. The predicted molar refractivity (Wildman–Crippen MR) is 107 cm³/mol. The zero-order chi connectivity index (χ0) is 17.8. The van der Waals surface area contributed by atoms with Crippen molar-refractivity contribution in [2.45, 2.75) is 40.2 Å². The van der Waals surface area contributed by atoms with Crippen molar-refractivity contribution < 1.29 is 5.11 Å². The molecule has 0 aliphatic heterocycles. The van der Waals surface area contributed by atoms with Crippen molar-refractivity contribution in [3.63, 3.8) is 0 Å². The van der Waals surface area contributed by atoms with E-state index in [4.69, 9.17) is 0 Å². The minimum absolute atomic E-state index is 0.0971. The summed E-state index contributed by atoms with van der Waals surface area (Å²) in [5.74, 6) is 0. The second-order valence-electron chi connectivity index (χ2n) is 6.59. The van der Waals surface area contributed by atoms with Gasteiger partial charge in [0.05, 0.1) is 6.61 Å². The molecule has 0 saturated carbocycles. The molecule has 1 nitrogen and oxygen atoms in total. The fraction of sp³-hybridized carbons (Fsp3) is 0.250. The summed E-state index contributed by atoms with van der Waals surface area (Å²) < 4.78 is 0. The van der Waals surface area contributed by atoms with E-state index in [1.54, 1.807) is 0 Å². The Morgan fingerprint density at radius 2 is 1.24 bits per heavy atom. The van der Waals surface area contributed by atoms with Crippen molar-refractivity contribution in [1.29, 1.82) is 0 Å². The Balaban J connectivity index is 2.06. The van der Waals surface area contributed by atoms with Crippen LogP contribution in [0.15, 0.2) is 60.7 Å². The van der Waals surface area contributed by atoms with Gasteiger partial charge in [-0.2, -0.15) is 0 Å². The van der Waals surface area contributed by atoms with Gasteiger partial charge in [0.25, 0.3) is 0 Å². The molecule has 0 atom stereocenters. The summed E-state index contributed by atoms with van der Waals surface area (Å²) in [5.41, 5.74) is 10.0. The number of benzene rings is 3. The Labute approximate surface area is 151 Å². The monoisotopic (exact) mass is 330 g/mol. The Hall–Kier alpha value is -2.38. The van der Waals surface area contributed by atoms with Gasteiger partial charge >= 0.3 is 0 Å². The maximum atomic E-state index is 9.38. The van der Waals surface area contributed by atoms with Gasteiger partial charge in [0, 0.05) is 0 Å². The number of aliphatic hydroxyl groups excluding tert-OH is 1. The van der Waals surface area contributed by atoms with Gasteiger partial charge in [-0.3, -0.25) is 0 Å². The zero-order valence-electron chi connectivity index (χ0n) is 15.3. The molecule has 0 aliphatic rings. The second-order valence-corrected chi connectivity index (χ2v) is 6.59. The number of aliphatic hydroxyl groups is 1. The molecule has 128 valence electrons. The van der Waals surface area contributed by atoms with Crippen molar-refractivity contribution >= 4 is 0 Å². The van der Waals surface area contributed by atoms with Crippen LogP contribution in [-0.4, -0.2) is 5.11 Å². The molecule has 0 radical (unpaired) electrons. The largest absolute Gasteiger partial charge is 0.392 e. The highest BCUT2D eigenvalue weighted by Gasteiger charge is 2.09. The van der Waals surface area contributed by atoms with E-state index in [1.807, 2.05) is 6.07 Å². The molecule has 0 heterocycles. The zero-order valence-corrected chi connectivity index (χ0v) is 15.3. The minimum atomic E-state index is 0.0971. The first-order chi connectivity index (χ1) is 12.2. The lowest BCUT2D eigenvalue weighted by Gasteiger charge is -2.14. The third kappa shape index (κ3) is 3.67. The van der Waals surface area contributed by atoms with E-state index in [1.165, 1.54) is 38.9 Å². The van der Waals surface area contributed by atoms with E-state index in [0.717, 1.165) is 18.4 Å². The summed E-state index contributed by atoms with van der Waals surface area (Å²) >= 11 is 0. The van der Waals surface area contributed by atoms with Crippen LogP contribution in [0.3, 0.4) is 0 Å². The fourth-order valence-corrected chi connectivity index (χ4v) is 3.39. The van der Waals surface area contributed by atoms with E-state index in [0.29, 0.717) is 0 Å². The van der Waals surface area contributed by atoms with Crippen LogP contribution in [-0.2, 0) is 19.4 Å². The van der Waals surface area contributed by atoms with E-state index < -0.39 is 0 Å². The van der Waals surface area contributed by atoms with Crippen molar-refractivity contribution in [2.75, 3.05) is 0 Å². The molecule has 1 heteroatoms. The first-order valence-electron chi connectivity index (χ1n) is 9.09. The average Bonchev–Trinajstić information content (AvgIpc) is 2.67. The molecule has 0 bridgehead atoms. The molecule has 3 rings (SSSR count). The standard InChI is InChI=1S/C24H26O/c1-4-19-14-18(16-25)8-12-24(19)22-11-13-23(20(5-2)15-22)21-9-6-17(3)7-10-21/h6-15,25H,4-5,16H2,1-3H3. The molecule has 0 saturated heterocycles. The SMILES string of the molecule is CCc1cc(CO)ccc1-c1ccc(-c2ccc(C)cc2)c(CC)c1. The molecule has 0 aromatic heterocycles. The van der Waals surface area contributed by atoms with Crippen LogP contribution in [0.5, 0.6) is 0 Å². The smallest absolute Gasteiger partial charge is 0.0681 e.